The van der Waals surface area contributed by atoms with Crippen molar-refractivity contribution in [3.8, 4) is 17.2 Å². The Labute approximate surface area is 106 Å². The molecule has 1 rings (SSSR count). The molecule has 0 spiro atoms. The van der Waals surface area contributed by atoms with Crippen LogP contribution in [0.5, 0.6) is 17.2 Å². The van der Waals surface area contributed by atoms with Gasteiger partial charge in [-0.1, -0.05) is 6.08 Å². The van der Waals surface area contributed by atoms with Crippen LogP contribution in [-0.2, 0) is 4.74 Å². The van der Waals surface area contributed by atoms with Crippen LogP contribution in [0.1, 0.15) is 12.8 Å². The van der Waals surface area contributed by atoms with Gasteiger partial charge >= 0.3 is 6.16 Å². The number of ether oxygens (including phenoxy) is 3. The Morgan fingerprint density at radius 3 is 2.89 bits per heavy atom. The summed E-state index contributed by atoms with van der Waals surface area (Å²) in [7, 11) is 1.43. The van der Waals surface area contributed by atoms with Crippen LogP contribution in [0.15, 0.2) is 30.9 Å². The summed E-state index contributed by atoms with van der Waals surface area (Å²) in [6.07, 6.45) is 2.42. The maximum absolute atomic E-state index is 11.3. The quantitative estimate of drug-likeness (QED) is 0.365. The first-order chi connectivity index (χ1) is 8.67. The molecule has 1 aromatic rings. The Morgan fingerprint density at radius 2 is 2.28 bits per heavy atom. The van der Waals surface area contributed by atoms with E-state index in [0.29, 0.717) is 12.2 Å². The number of allylic oxidation sites excluding steroid dienone is 1. The fraction of sp³-hybridized carbons (Fsp3) is 0.308. The SMILES string of the molecule is C=CCCCOC(=O)Oc1ccc(OC)c(O)c1. The zero-order valence-electron chi connectivity index (χ0n) is 10.2. The van der Waals surface area contributed by atoms with Gasteiger partial charge in [-0.2, -0.15) is 0 Å². The molecule has 0 radical (unpaired) electrons. The van der Waals surface area contributed by atoms with Crippen molar-refractivity contribution in [3.05, 3.63) is 30.9 Å². The van der Waals surface area contributed by atoms with E-state index >= 15 is 0 Å². The minimum atomic E-state index is -0.802. The summed E-state index contributed by atoms with van der Waals surface area (Å²) in [5.41, 5.74) is 0. The van der Waals surface area contributed by atoms with Crippen LogP contribution < -0.4 is 9.47 Å². The number of carbonyl (C=O) groups is 1. The lowest BCUT2D eigenvalue weighted by atomic mass is 10.3. The van der Waals surface area contributed by atoms with E-state index in [4.69, 9.17) is 14.2 Å². The summed E-state index contributed by atoms with van der Waals surface area (Å²) in [5.74, 6) is 0.401. The summed E-state index contributed by atoms with van der Waals surface area (Å²) in [4.78, 5) is 11.3. The Kier molecular flexibility index (Phi) is 5.57. The highest BCUT2D eigenvalue weighted by atomic mass is 16.7. The third kappa shape index (κ3) is 4.37. The minimum Gasteiger partial charge on any atom is -0.504 e. The third-order valence-corrected chi connectivity index (χ3v) is 2.12. The van der Waals surface area contributed by atoms with Crippen LogP contribution in [0, 0.1) is 0 Å². The van der Waals surface area contributed by atoms with Gasteiger partial charge in [-0.25, -0.2) is 4.79 Å². The highest BCUT2D eigenvalue weighted by Crippen LogP contribution is 2.29. The molecule has 0 aliphatic carbocycles. The molecule has 0 fully saturated rings. The zero-order chi connectivity index (χ0) is 13.4. The van der Waals surface area contributed by atoms with Crippen molar-refractivity contribution in [2.24, 2.45) is 0 Å². The molecule has 0 aromatic heterocycles. The second-order valence-electron chi connectivity index (χ2n) is 3.47. The monoisotopic (exact) mass is 252 g/mol. The average Bonchev–Trinajstić information content (AvgIpc) is 2.35. The molecule has 18 heavy (non-hydrogen) atoms. The summed E-state index contributed by atoms with van der Waals surface area (Å²) in [5, 5.41) is 9.48. The van der Waals surface area contributed by atoms with Gasteiger partial charge in [0.25, 0.3) is 0 Å². The molecule has 5 heteroatoms. The van der Waals surface area contributed by atoms with Gasteiger partial charge in [-0.3, -0.25) is 0 Å². The topological polar surface area (TPSA) is 65.0 Å². The van der Waals surface area contributed by atoms with Crippen LogP contribution in [-0.4, -0.2) is 25.0 Å². The molecule has 0 saturated carbocycles. The molecule has 0 heterocycles. The van der Waals surface area contributed by atoms with Crippen molar-refractivity contribution < 1.29 is 24.1 Å². The maximum atomic E-state index is 11.3. The smallest absolute Gasteiger partial charge is 0.504 e. The van der Waals surface area contributed by atoms with Gasteiger partial charge in [0.15, 0.2) is 11.5 Å². The largest absolute Gasteiger partial charge is 0.513 e. The molecule has 0 aliphatic heterocycles. The number of rotatable bonds is 6. The van der Waals surface area contributed by atoms with E-state index < -0.39 is 6.16 Å². The predicted octanol–water partition coefficient (Wildman–Crippen LogP) is 2.88. The van der Waals surface area contributed by atoms with E-state index in [0.717, 1.165) is 6.42 Å². The minimum absolute atomic E-state index is 0.102. The van der Waals surface area contributed by atoms with Crippen molar-refractivity contribution in [2.45, 2.75) is 12.8 Å². The molecule has 0 unspecified atom stereocenters. The maximum Gasteiger partial charge on any atom is 0.513 e. The predicted molar refractivity (Wildman–Crippen MR) is 66.1 cm³/mol. The van der Waals surface area contributed by atoms with Crippen molar-refractivity contribution >= 4 is 6.16 Å². The fourth-order valence-electron chi connectivity index (χ4n) is 1.24. The normalized spacial score (nSPS) is 9.61. The molecule has 1 aromatic carbocycles. The number of hydrogen-bond donors (Lipinski definition) is 1. The van der Waals surface area contributed by atoms with Crippen LogP contribution in [0.2, 0.25) is 0 Å². The molecule has 0 amide bonds. The lowest BCUT2D eigenvalue weighted by molar-refractivity contribution is 0.0981. The first-order valence-corrected chi connectivity index (χ1v) is 5.50. The second-order valence-corrected chi connectivity index (χ2v) is 3.47. The molecule has 1 N–H and O–H groups in total. The van der Waals surface area contributed by atoms with Gasteiger partial charge < -0.3 is 19.3 Å². The molecule has 5 nitrogen and oxygen atoms in total. The van der Waals surface area contributed by atoms with Crippen LogP contribution in [0.25, 0.3) is 0 Å². The second kappa shape index (κ2) is 7.21. The van der Waals surface area contributed by atoms with E-state index in [1.54, 1.807) is 6.08 Å². The van der Waals surface area contributed by atoms with Crippen molar-refractivity contribution in [2.75, 3.05) is 13.7 Å². The summed E-state index contributed by atoms with van der Waals surface area (Å²) < 4.78 is 14.6. The number of aromatic hydroxyl groups is 1. The molecule has 0 bridgehead atoms. The van der Waals surface area contributed by atoms with Crippen molar-refractivity contribution in [1.82, 2.24) is 0 Å². The van der Waals surface area contributed by atoms with Crippen LogP contribution in [0.3, 0.4) is 0 Å². The zero-order valence-corrected chi connectivity index (χ0v) is 10.2. The van der Waals surface area contributed by atoms with E-state index in [1.165, 1.54) is 25.3 Å². The molecular formula is C13H16O5. The number of methoxy groups -OCH3 is 1. The lowest BCUT2D eigenvalue weighted by Gasteiger charge is -2.07. The lowest BCUT2D eigenvalue weighted by Crippen LogP contribution is -2.11. The highest BCUT2D eigenvalue weighted by Gasteiger charge is 2.08. The van der Waals surface area contributed by atoms with Gasteiger partial charge in [-0.15, -0.1) is 6.58 Å². The Hall–Kier alpha value is -2.17. The first kappa shape index (κ1) is 13.9. The summed E-state index contributed by atoms with van der Waals surface area (Å²) in [6, 6.07) is 4.28. The fourth-order valence-corrected chi connectivity index (χ4v) is 1.24. The van der Waals surface area contributed by atoms with E-state index in [2.05, 4.69) is 6.58 Å². The number of carbonyl (C=O) groups excluding carboxylic acids is 1. The Balaban J connectivity index is 2.44. The van der Waals surface area contributed by atoms with Gasteiger partial charge in [0.1, 0.15) is 5.75 Å². The number of benzene rings is 1. The number of unbranched alkanes of at least 4 members (excludes halogenated alkanes) is 1. The van der Waals surface area contributed by atoms with Crippen molar-refractivity contribution in [3.63, 3.8) is 0 Å². The van der Waals surface area contributed by atoms with Crippen molar-refractivity contribution in [1.29, 1.82) is 0 Å². The Bertz CT molecular complexity index is 414. The van der Waals surface area contributed by atoms with E-state index in [9.17, 15) is 9.90 Å². The molecule has 0 aliphatic rings. The third-order valence-electron chi connectivity index (χ3n) is 2.12. The number of hydrogen-bond acceptors (Lipinski definition) is 5. The summed E-state index contributed by atoms with van der Waals surface area (Å²) in [6.45, 7) is 3.83. The molecular weight excluding hydrogens is 236 g/mol. The van der Waals surface area contributed by atoms with E-state index in [-0.39, 0.29) is 18.1 Å². The number of phenols is 1. The first-order valence-electron chi connectivity index (χ1n) is 5.50. The highest BCUT2D eigenvalue weighted by molar-refractivity contribution is 5.64. The van der Waals surface area contributed by atoms with Gasteiger partial charge in [0.2, 0.25) is 0 Å². The summed E-state index contributed by atoms with van der Waals surface area (Å²) >= 11 is 0. The molecule has 0 saturated heterocycles. The Morgan fingerprint density at radius 1 is 1.50 bits per heavy atom. The van der Waals surface area contributed by atoms with E-state index in [1.807, 2.05) is 0 Å². The van der Waals surface area contributed by atoms with Gasteiger partial charge in [0, 0.05) is 6.07 Å². The van der Waals surface area contributed by atoms with Crippen LogP contribution >= 0.6 is 0 Å². The molecule has 98 valence electrons. The van der Waals surface area contributed by atoms with Gasteiger partial charge in [-0.05, 0) is 25.0 Å². The van der Waals surface area contributed by atoms with Gasteiger partial charge in [0.05, 0.1) is 13.7 Å². The van der Waals surface area contributed by atoms with Crippen LogP contribution in [0.4, 0.5) is 4.79 Å². The number of phenolic OH excluding ortho intramolecular Hbond substituents is 1. The molecule has 0 atom stereocenters. The standard InChI is InChI=1S/C13H16O5/c1-3-4-5-8-17-13(15)18-10-6-7-12(16-2)11(14)9-10/h3,6-7,9,14H,1,4-5,8H2,2H3. The average molecular weight is 252 g/mol.